The number of aryl methyl sites for hydroxylation is 3. The largest absolute Gasteiger partial charge is 0.322 e. The van der Waals surface area contributed by atoms with E-state index in [0.29, 0.717) is 11.3 Å². The summed E-state index contributed by atoms with van der Waals surface area (Å²) in [4.78, 5) is 43.1. The molecule has 0 bridgehead atoms. The molecule has 1 aliphatic carbocycles. The highest BCUT2D eigenvalue weighted by atomic mass is 32.1. The third kappa shape index (κ3) is 5.34. The standard InChI is InChI=1S/C34H32N4O3S2/c1-4-22-14-16-25(17-15-22)38-32(41)27(30(39)36-34(38)42)19-23-18-20(2)37(21(23)3)33-29(26-12-8-9-13-28(26)43-33)31(40)35-24-10-6-5-7-11-24/h5-7,10-11,14-19H,4,8-9,12-13H2,1-3H3,(H,35,40)(H,36,39,42). The van der Waals surface area contributed by atoms with Gasteiger partial charge < -0.3 is 9.88 Å². The van der Waals surface area contributed by atoms with E-state index in [0.717, 1.165) is 70.9 Å². The van der Waals surface area contributed by atoms with Gasteiger partial charge in [-0.1, -0.05) is 37.3 Å². The Morgan fingerprint density at radius 3 is 2.49 bits per heavy atom. The summed E-state index contributed by atoms with van der Waals surface area (Å²) in [7, 11) is 0. The Bertz CT molecular complexity index is 1800. The summed E-state index contributed by atoms with van der Waals surface area (Å²) in [5.41, 5.74) is 6.77. The number of amides is 3. The molecule has 2 aromatic carbocycles. The van der Waals surface area contributed by atoms with Gasteiger partial charge in [-0.05, 0) is 111 Å². The van der Waals surface area contributed by atoms with Crippen LogP contribution in [0.25, 0.3) is 11.1 Å². The molecule has 2 aliphatic rings. The lowest BCUT2D eigenvalue weighted by Crippen LogP contribution is -2.54. The number of nitrogens with zero attached hydrogens (tertiary/aromatic N) is 2. The zero-order chi connectivity index (χ0) is 30.2. The SMILES string of the molecule is CCc1ccc(N2C(=O)C(=Cc3cc(C)n(-c4sc5c(c4C(=O)Nc4ccccc4)CCCC5)c3C)C(=O)NC2=S)cc1. The molecule has 7 nitrogen and oxygen atoms in total. The van der Waals surface area contributed by atoms with Crippen molar-refractivity contribution < 1.29 is 14.4 Å². The number of carbonyl (C=O) groups is 3. The normalized spacial score (nSPS) is 15.9. The maximum Gasteiger partial charge on any atom is 0.270 e. The number of anilines is 2. The van der Waals surface area contributed by atoms with E-state index in [9.17, 15) is 14.4 Å². The van der Waals surface area contributed by atoms with Crippen LogP contribution in [0.1, 0.15) is 63.1 Å². The molecule has 43 heavy (non-hydrogen) atoms. The number of para-hydroxylation sites is 1. The predicted octanol–water partition coefficient (Wildman–Crippen LogP) is 6.68. The third-order valence-corrected chi connectivity index (χ3v) is 9.65. The highest BCUT2D eigenvalue weighted by Gasteiger charge is 2.35. The number of thiocarbonyl (C=S) groups is 1. The maximum atomic E-state index is 13.8. The summed E-state index contributed by atoms with van der Waals surface area (Å²) in [5.74, 6) is -1.14. The molecule has 2 aromatic heterocycles. The molecule has 0 spiro atoms. The van der Waals surface area contributed by atoms with Gasteiger partial charge in [0, 0.05) is 22.0 Å². The first-order chi connectivity index (χ1) is 20.8. The molecule has 0 atom stereocenters. The second-order valence-electron chi connectivity index (χ2n) is 10.9. The van der Waals surface area contributed by atoms with Crippen LogP contribution in [0.2, 0.25) is 0 Å². The van der Waals surface area contributed by atoms with Crippen LogP contribution in [0.15, 0.2) is 66.2 Å². The van der Waals surface area contributed by atoms with Crippen LogP contribution in [-0.4, -0.2) is 27.4 Å². The van der Waals surface area contributed by atoms with Gasteiger partial charge in [0.05, 0.1) is 11.3 Å². The number of thiophene rings is 1. The van der Waals surface area contributed by atoms with E-state index in [1.165, 1.54) is 9.78 Å². The van der Waals surface area contributed by atoms with Crippen molar-refractivity contribution in [2.75, 3.05) is 10.2 Å². The van der Waals surface area contributed by atoms with Crippen LogP contribution in [0.4, 0.5) is 11.4 Å². The molecule has 4 aromatic rings. The van der Waals surface area contributed by atoms with Crippen molar-refractivity contribution in [3.05, 3.63) is 105 Å². The lowest BCUT2D eigenvalue weighted by molar-refractivity contribution is -0.122. The molecule has 0 saturated carbocycles. The fourth-order valence-corrected chi connectivity index (χ4v) is 7.61. The average Bonchev–Trinajstić information content (AvgIpc) is 3.51. The van der Waals surface area contributed by atoms with Gasteiger partial charge >= 0.3 is 0 Å². The molecule has 3 amide bonds. The van der Waals surface area contributed by atoms with Gasteiger partial charge in [-0.2, -0.15) is 0 Å². The van der Waals surface area contributed by atoms with E-state index in [1.54, 1.807) is 17.4 Å². The average molecular weight is 609 g/mol. The Morgan fingerprint density at radius 2 is 1.77 bits per heavy atom. The second kappa shape index (κ2) is 11.7. The number of carbonyl (C=O) groups excluding carboxylic acids is 3. The van der Waals surface area contributed by atoms with Gasteiger partial charge in [0.15, 0.2) is 5.11 Å². The highest BCUT2D eigenvalue weighted by Crippen LogP contribution is 2.39. The Balaban J connectivity index is 1.40. The number of hydrogen-bond acceptors (Lipinski definition) is 5. The van der Waals surface area contributed by atoms with Crippen molar-refractivity contribution in [1.29, 1.82) is 0 Å². The fourth-order valence-electron chi connectivity index (χ4n) is 5.83. The smallest absolute Gasteiger partial charge is 0.270 e. The van der Waals surface area contributed by atoms with Gasteiger partial charge in [0.2, 0.25) is 0 Å². The lowest BCUT2D eigenvalue weighted by Gasteiger charge is -2.29. The summed E-state index contributed by atoms with van der Waals surface area (Å²) >= 11 is 7.04. The fraction of sp³-hybridized carbons (Fsp3) is 0.235. The van der Waals surface area contributed by atoms with Gasteiger partial charge in [0.1, 0.15) is 10.6 Å². The lowest BCUT2D eigenvalue weighted by atomic mass is 9.95. The van der Waals surface area contributed by atoms with Gasteiger partial charge in [-0.3, -0.25) is 24.6 Å². The second-order valence-corrected chi connectivity index (χ2v) is 12.3. The van der Waals surface area contributed by atoms with Crippen molar-refractivity contribution in [1.82, 2.24) is 9.88 Å². The molecule has 3 heterocycles. The van der Waals surface area contributed by atoms with Crippen molar-refractivity contribution >= 4 is 63.8 Å². The van der Waals surface area contributed by atoms with Crippen LogP contribution < -0.4 is 15.5 Å². The van der Waals surface area contributed by atoms with E-state index >= 15 is 0 Å². The molecular formula is C34H32N4O3S2. The van der Waals surface area contributed by atoms with E-state index in [1.807, 2.05) is 74.5 Å². The summed E-state index contributed by atoms with van der Waals surface area (Å²) in [6.45, 7) is 5.99. The summed E-state index contributed by atoms with van der Waals surface area (Å²) in [6, 6.07) is 19.0. The summed E-state index contributed by atoms with van der Waals surface area (Å²) in [6.07, 6.45) is 6.47. The first-order valence-corrected chi connectivity index (χ1v) is 15.7. The Morgan fingerprint density at radius 1 is 1.05 bits per heavy atom. The molecule has 1 aliphatic heterocycles. The maximum absolute atomic E-state index is 13.8. The summed E-state index contributed by atoms with van der Waals surface area (Å²) in [5, 5.41) is 6.68. The Hall–Kier alpha value is -4.34. The van der Waals surface area contributed by atoms with Gasteiger partial charge in [-0.25, -0.2) is 0 Å². The van der Waals surface area contributed by atoms with Gasteiger partial charge in [0.25, 0.3) is 17.7 Å². The molecule has 218 valence electrons. The molecule has 6 rings (SSSR count). The molecule has 1 fully saturated rings. The number of benzene rings is 2. The van der Waals surface area contributed by atoms with Crippen molar-refractivity contribution in [3.63, 3.8) is 0 Å². The van der Waals surface area contributed by atoms with Crippen LogP contribution in [-0.2, 0) is 28.9 Å². The number of fused-ring (bicyclic) bond motifs is 1. The highest BCUT2D eigenvalue weighted by molar-refractivity contribution is 7.80. The van der Waals surface area contributed by atoms with E-state index in [2.05, 4.69) is 22.1 Å². The first-order valence-electron chi connectivity index (χ1n) is 14.5. The molecule has 0 radical (unpaired) electrons. The van der Waals surface area contributed by atoms with Crippen LogP contribution >= 0.6 is 23.6 Å². The minimum atomic E-state index is -0.532. The van der Waals surface area contributed by atoms with E-state index in [4.69, 9.17) is 12.2 Å². The monoisotopic (exact) mass is 608 g/mol. The Kier molecular flexibility index (Phi) is 7.85. The number of aromatic nitrogens is 1. The van der Waals surface area contributed by atoms with Crippen LogP contribution in [0.5, 0.6) is 0 Å². The molecule has 0 unspecified atom stereocenters. The molecule has 2 N–H and O–H groups in total. The minimum absolute atomic E-state index is 0.000867. The minimum Gasteiger partial charge on any atom is -0.322 e. The van der Waals surface area contributed by atoms with E-state index in [-0.39, 0.29) is 16.6 Å². The van der Waals surface area contributed by atoms with E-state index < -0.39 is 11.8 Å². The zero-order valence-corrected chi connectivity index (χ0v) is 26.0. The quantitative estimate of drug-likeness (QED) is 0.145. The topological polar surface area (TPSA) is 83.4 Å². The van der Waals surface area contributed by atoms with Crippen molar-refractivity contribution in [2.45, 2.75) is 52.9 Å². The van der Waals surface area contributed by atoms with Crippen LogP contribution in [0, 0.1) is 13.8 Å². The first kappa shape index (κ1) is 28.8. The Labute approximate surface area is 260 Å². The molecule has 1 saturated heterocycles. The van der Waals surface area contributed by atoms with Crippen LogP contribution in [0.3, 0.4) is 0 Å². The zero-order valence-electron chi connectivity index (χ0n) is 24.3. The molecule has 9 heteroatoms. The number of rotatable bonds is 6. The number of nitrogens with one attached hydrogen (secondary N) is 2. The number of hydrogen-bond donors (Lipinski definition) is 2. The predicted molar refractivity (Wildman–Crippen MR) is 176 cm³/mol. The summed E-state index contributed by atoms with van der Waals surface area (Å²) < 4.78 is 2.08. The van der Waals surface area contributed by atoms with Crippen molar-refractivity contribution in [3.8, 4) is 5.00 Å². The molecular weight excluding hydrogens is 577 g/mol. The third-order valence-electron chi connectivity index (χ3n) is 8.09. The van der Waals surface area contributed by atoms with Crippen molar-refractivity contribution in [2.24, 2.45) is 0 Å². The van der Waals surface area contributed by atoms with Gasteiger partial charge in [-0.15, -0.1) is 11.3 Å².